The number of halogens is 2. The molecule has 0 N–H and O–H groups in total. The second-order valence-corrected chi connectivity index (χ2v) is 8.93. The summed E-state index contributed by atoms with van der Waals surface area (Å²) in [5.74, 6) is 0.960. The van der Waals surface area contributed by atoms with Crippen molar-refractivity contribution in [3.8, 4) is 5.95 Å². The van der Waals surface area contributed by atoms with Gasteiger partial charge in [0, 0.05) is 38.8 Å². The standard InChI is InChI=1S/C24H29F2N7O3/c1-15-16(2)36-13-12-32(15)20-14-19(30-8-10-31(11-9-30)24(34)35-3)28-23(29-20)33-18-7-5-4-6-17(18)27-22(33)21(25)26/h4-7,14-16,21H,8-13H2,1-3H3. The van der Waals surface area contributed by atoms with Gasteiger partial charge >= 0.3 is 6.09 Å². The number of methoxy groups -OCH3 is 1. The van der Waals surface area contributed by atoms with E-state index < -0.39 is 12.2 Å². The molecule has 3 aromatic rings. The maximum atomic E-state index is 14.1. The monoisotopic (exact) mass is 501 g/mol. The maximum absolute atomic E-state index is 14.1. The lowest BCUT2D eigenvalue weighted by atomic mass is 10.1. The molecular formula is C24H29F2N7O3. The van der Waals surface area contributed by atoms with Gasteiger partial charge in [-0.25, -0.2) is 18.6 Å². The summed E-state index contributed by atoms with van der Waals surface area (Å²) >= 11 is 0. The predicted octanol–water partition coefficient (Wildman–Crippen LogP) is 3.26. The van der Waals surface area contributed by atoms with Gasteiger partial charge in [-0.3, -0.25) is 4.57 Å². The van der Waals surface area contributed by atoms with E-state index in [0.717, 1.165) is 0 Å². The molecule has 2 unspecified atom stereocenters. The molecule has 0 aliphatic carbocycles. The van der Waals surface area contributed by atoms with Gasteiger partial charge in [0.1, 0.15) is 11.6 Å². The van der Waals surface area contributed by atoms with Gasteiger partial charge < -0.3 is 24.2 Å². The number of morpholine rings is 1. The van der Waals surface area contributed by atoms with Crippen LogP contribution < -0.4 is 9.80 Å². The van der Waals surface area contributed by atoms with Crippen molar-refractivity contribution >= 4 is 28.8 Å². The number of benzene rings is 1. The Morgan fingerprint density at radius 2 is 1.78 bits per heavy atom. The van der Waals surface area contributed by atoms with Crippen LogP contribution in [0.5, 0.6) is 0 Å². The summed E-state index contributed by atoms with van der Waals surface area (Å²) in [5.41, 5.74) is 0.957. The zero-order valence-electron chi connectivity index (χ0n) is 20.5. The molecule has 2 aliphatic rings. The number of hydrogen-bond acceptors (Lipinski definition) is 8. The molecule has 2 aromatic heterocycles. The average Bonchev–Trinajstić information content (AvgIpc) is 3.30. The fourth-order valence-electron chi connectivity index (χ4n) is 4.72. The van der Waals surface area contributed by atoms with Gasteiger partial charge in [0.25, 0.3) is 6.43 Å². The molecule has 10 nitrogen and oxygen atoms in total. The summed E-state index contributed by atoms with van der Waals surface area (Å²) in [4.78, 5) is 31.4. The summed E-state index contributed by atoms with van der Waals surface area (Å²) in [6, 6.07) is 8.87. The van der Waals surface area contributed by atoms with E-state index in [2.05, 4.69) is 16.8 Å². The molecule has 2 aliphatic heterocycles. The van der Waals surface area contributed by atoms with Crippen LogP contribution in [0.15, 0.2) is 30.3 Å². The van der Waals surface area contributed by atoms with Gasteiger partial charge in [-0.2, -0.15) is 9.97 Å². The zero-order valence-corrected chi connectivity index (χ0v) is 20.5. The Bertz CT molecular complexity index is 1250. The zero-order chi connectivity index (χ0) is 25.4. The first-order valence-corrected chi connectivity index (χ1v) is 12.0. The molecule has 36 heavy (non-hydrogen) atoms. The van der Waals surface area contributed by atoms with Gasteiger partial charge in [0.15, 0.2) is 5.82 Å². The van der Waals surface area contributed by atoms with Crippen LogP contribution in [0.25, 0.3) is 17.0 Å². The molecule has 2 atom stereocenters. The topological polar surface area (TPSA) is 88.9 Å². The second-order valence-electron chi connectivity index (χ2n) is 8.93. The first kappa shape index (κ1) is 24.2. The largest absolute Gasteiger partial charge is 0.453 e. The Labute approximate surface area is 207 Å². The number of ether oxygens (including phenoxy) is 2. The Kier molecular flexibility index (Phi) is 6.61. The summed E-state index contributed by atoms with van der Waals surface area (Å²) in [7, 11) is 1.36. The van der Waals surface area contributed by atoms with Gasteiger partial charge in [0.05, 0.1) is 36.9 Å². The SMILES string of the molecule is COC(=O)N1CCN(c2cc(N3CCOC(C)C3C)nc(-n3c(C(F)F)nc4ccccc43)n2)CC1. The number of nitrogens with zero attached hydrogens (tertiary/aromatic N) is 7. The van der Waals surface area contributed by atoms with E-state index in [1.54, 1.807) is 29.2 Å². The van der Waals surface area contributed by atoms with Crippen LogP contribution in [0.4, 0.5) is 25.2 Å². The molecule has 0 spiro atoms. The van der Waals surface area contributed by atoms with Crippen LogP contribution >= 0.6 is 0 Å². The van der Waals surface area contributed by atoms with Crippen molar-refractivity contribution in [2.45, 2.75) is 32.4 Å². The Hall–Kier alpha value is -3.54. The van der Waals surface area contributed by atoms with Crippen molar-refractivity contribution in [1.29, 1.82) is 0 Å². The molecule has 5 rings (SSSR count). The first-order valence-electron chi connectivity index (χ1n) is 12.0. The van der Waals surface area contributed by atoms with E-state index in [-0.39, 0.29) is 24.2 Å². The normalized spacial score (nSPS) is 20.9. The van der Waals surface area contributed by atoms with Crippen molar-refractivity contribution in [3.63, 3.8) is 0 Å². The number of imidazole rings is 1. The molecule has 2 fully saturated rings. The quantitative estimate of drug-likeness (QED) is 0.538. The number of alkyl halides is 2. The summed E-state index contributed by atoms with van der Waals surface area (Å²) in [6.45, 7) is 7.17. The summed E-state index contributed by atoms with van der Waals surface area (Å²) < 4.78 is 40.2. The van der Waals surface area contributed by atoms with E-state index >= 15 is 0 Å². The number of piperazine rings is 1. The number of amides is 1. The smallest absolute Gasteiger partial charge is 0.409 e. The molecule has 12 heteroatoms. The number of para-hydroxylation sites is 2. The number of aromatic nitrogens is 4. The molecule has 2 saturated heterocycles. The van der Waals surface area contributed by atoms with Crippen LogP contribution in [0.1, 0.15) is 26.1 Å². The highest BCUT2D eigenvalue weighted by Crippen LogP contribution is 2.31. The third kappa shape index (κ3) is 4.41. The lowest BCUT2D eigenvalue weighted by molar-refractivity contribution is 0.0281. The van der Waals surface area contributed by atoms with Gasteiger partial charge in [-0.1, -0.05) is 12.1 Å². The fourth-order valence-corrected chi connectivity index (χ4v) is 4.72. The predicted molar refractivity (Wildman–Crippen MR) is 130 cm³/mol. The second kappa shape index (κ2) is 9.84. The molecule has 0 radical (unpaired) electrons. The highest BCUT2D eigenvalue weighted by atomic mass is 19.3. The highest BCUT2D eigenvalue weighted by molar-refractivity contribution is 5.78. The first-order chi connectivity index (χ1) is 17.4. The number of carbonyl (C=O) groups is 1. The van der Waals surface area contributed by atoms with Gasteiger partial charge in [-0.15, -0.1) is 0 Å². The maximum Gasteiger partial charge on any atom is 0.409 e. The summed E-state index contributed by atoms with van der Waals surface area (Å²) in [5, 5.41) is 0. The number of anilines is 2. The number of carbonyl (C=O) groups excluding carboxylic acids is 1. The van der Waals surface area contributed by atoms with Crippen molar-refractivity contribution in [3.05, 3.63) is 36.2 Å². The van der Waals surface area contributed by atoms with Crippen LogP contribution in [-0.2, 0) is 9.47 Å². The number of hydrogen-bond donors (Lipinski definition) is 0. The minimum absolute atomic E-state index is 0.0186. The molecule has 1 amide bonds. The highest BCUT2D eigenvalue weighted by Gasteiger charge is 2.30. The third-order valence-corrected chi connectivity index (χ3v) is 6.88. The van der Waals surface area contributed by atoms with Crippen LogP contribution in [0.3, 0.4) is 0 Å². The molecule has 4 heterocycles. The van der Waals surface area contributed by atoms with Crippen LogP contribution in [0.2, 0.25) is 0 Å². The van der Waals surface area contributed by atoms with Gasteiger partial charge in [-0.05, 0) is 26.0 Å². The Balaban J connectivity index is 1.60. The fraction of sp³-hybridized carbons (Fsp3) is 0.500. The minimum Gasteiger partial charge on any atom is -0.453 e. The Morgan fingerprint density at radius 1 is 1.06 bits per heavy atom. The van der Waals surface area contributed by atoms with E-state index in [0.29, 0.717) is 62.0 Å². The van der Waals surface area contributed by atoms with Gasteiger partial charge in [0.2, 0.25) is 5.95 Å². The van der Waals surface area contributed by atoms with Crippen molar-refractivity contribution in [1.82, 2.24) is 24.4 Å². The van der Waals surface area contributed by atoms with E-state index in [1.807, 2.05) is 17.9 Å². The van der Waals surface area contributed by atoms with Crippen molar-refractivity contribution in [2.24, 2.45) is 0 Å². The number of fused-ring (bicyclic) bond motifs is 1. The molecule has 192 valence electrons. The van der Waals surface area contributed by atoms with E-state index in [1.165, 1.54) is 11.7 Å². The molecule has 0 bridgehead atoms. The lowest BCUT2D eigenvalue weighted by Gasteiger charge is -2.39. The van der Waals surface area contributed by atoms with E-state index in [4.69, 9.17) is 19.4 Å². The van der Waals surface area contributed by atoms with Crippen LogP contribution in [-0.4, -0.2) is 89.1 Å². The molecule has 1 aromatic carbocycles. The van der Waals surface area contributed by atoms with Crippen LogP contribution in [0, 0.1) is 0 Å². The number of rotatable bonds is 4. The third-order valence-electron chi connectivity index (χ3n) is 6.88. The average molecular weight is 502 g/mol. The van der Waals surface area contributed by atoms with E-state index in [9.17, 15) is 13.6 Å². The molecular weight excluding hydrogens is 472 g/mol. The minimum atomic E-state index is -2.81. The van der Waals surface area contributed by atoms with Crippen molar-refractivity contribution < 1.29 is 23.0 Å². The Morgan fingerprint density at radius 3 is 2.50 bits per heavy atom. The summed E-state index contributed by atoms with van der Waals surface area (Å²) in [6.07, 6.45) is -3.20. The van der Waals surface area contributed by atoms with Crippen molar-refractivity contribution in [2.75, 3.05) is 56.2 Å². The molecule has 0 saturated carbocycles. The lowest BCUT2D eigenvalue weighted by Crippen LogP contribution is -2.50.